The highest BCUT2D eigenvalue weighted by molar-refractivity contribution is 7.91. The number of hydrogen-bond donors (Lipinski definition) is 0. The van der Waals surface area contributed by atoms with Crippen LogP contribution in [0.5, 0.6) is 5.75 Å². The Bertz CT molecular complexity index is 962. The van der Waals surface area contributed by atoms with Gasteiger partial charge in [-0.1, -0.05) is 6.08 Å². The van der Waals surface area contributed by atoms with Crippen molar-refractivity contribution in [3.8, 4) is 5.75 Å². The number of benzene rings is 1. The van der Waals surface area contributed by atoms with Crippen LogP contribution < -0.4 is 4.74 Å². The maximum Gasteiger partial charge on any atom is 0.237 e. The summed E-state index contributed by atoms with van der Waals surface area (Å²) in [5.41, 5.74) is 3.34. The van der Waals surface area contributed by atoms with Crippen molar-refractivity contribution in [1.29, 1.82) is 0 Å². The Hall–Kier alpha value is -1.86. The maximum atomic E-state index is 12.9. The lowest BCUT2D eigenvalue weighted by Crippen LogP contribution is -2.51. The number of carbonyl (C=O) groups is 1. The van der Waals surface area contributed by atoms with Crippen LogP contribution >= 0.6 is 0 Å². The van der Waals surface area contributed by atoms with E-state index in [-0.39, 0.29) is 29.1 Å². The summed E-state index contributed by atoms with van der Waals surface area (Å²) >= 11 is 0. The number of piperidine rings is 1. The maximum absolute atomic E-state index is 12.9. The molecule has 1 spiro atoms. The van der Waals surface area contributed by atoms with E-state index in [0.717, 1.165) is 37.2 Å². The fraction of sp³-hybridized carbons (Fsp3) is 0.609. The van der Waals surface area contributed by atoms with Crippen molar-refractivity contribution >= 4 is 21.8 Å². The van der Waals surface area contributed by atoms with E-state index < -0.39 is 9.84 Å². The van der Waals surface area contributed by atoms with Gasteiger partial charge in [0.2, 0.25) is 5.91 Å². The number of fused-ring (bicyclic) bond motifs is 1. The largest absolute Gasteiger partial charge is 0.482 e. The molecule has 1 aromatic rings. The van der Waals surface area contributed by atoms with Crippen LogP contribution in [0.2, 0.25) is 0 Å². The van der Waals surface area contributed by atoms with Crippen LogP contribution in [0, 0.1) is 13.8 Å². The lowest BCUT2D eigenvalue weighted by molar-refractivity contribution is -0.134. The number of ether oxygens (including phenoxy) is 1. The molecule has 7 heteroatoms. The highest BCUT2D eigenvalue weighted by Gasteiger charge is 2.38. The number of nitrogens with zero attached hydrogens (tertiary/aromatic N) is 2. The Morgan fingerprint density at radius 3 is 2.57 bits per heavy atom. The van der Waals surface area contributed by atoms with Gasteiger partial charge < -0.3 is 9.64 Å². The van der Waals surface area contributed by atoms with Gasteiger partial charge in [0.25, 0.3) is 0 Å². The zero-order valence-electron chi connectivity index (χ0n) is 18.2. The molecule has 3 heterocycles. The second kappa shape index (κ2) is 8.00. The Kier molecular flexibility index (Phi) is 5.70. The van der Waals surface area contributed by atoms with Gasteiger partial charge in [0.1, 0.15) is 11.4 Å². The van der Waals surface area contributed by atoms with Gasteiger partial charge in [0.05, 0.1) is 18.1 Å². The zero-order valence-corrected chi connectivity index (χ0v) is 19.0. The third-order valence-electron chi connectivity index (χ3n) is 6.88. The van der Waals surface area contributed by atoms with E-state index in [1.54, 1.807) is 4.90 Å². The second-order valence-corrected chi connectivity index (χ2v) is 11.2. The quantitative estimate of drug-likeness (QED) is 0.732. The van der Waals surface area contributed by atoms with Gasteiger partial charge in [-0.05, 0) is 56.5 Å². The normalized spacial score (nSPS) is 24.4. The van der Waals surface area contributed by atoms with Gasteiger partial charge in [0, 0.05) is 44.1 Å². The van der Waals surface area contributed by atoms with Crippen molar-refractivity contribution in [2.24, 2.45) is 0 Å². The summed E-state index contributed by atoms with van der Waals surface area (Å²) < 4.78 is 30.1. The van der Waals surface area contributed by atoms with Gasteiger partial charge >= 0.3 is 0 Å². The number of amides is 1. The Labute approximate surface area is 179 Å². The van der Waals surface area contributed by atoms with Crippen LogP contribution in [0.25, 0.3) is 6.08 Å². The minimum Gasteiger partial charge on any atom is -0.482 e. The van der Waals surface area contributed by atoms with E-state index in [4.69, 9.17) is 4.74 Å². The molecule has 0 saturated carbocycles. The third kappa shape index (κ3) is 4.28. The van der Waals surface area contributed by atoms with E-state index in [9.17, 15) is 13.2 Å². The Morgan fingerprint density at radius 1 is 1.23 bits per heavy atom. The van der Waals surface area contributed by atoms with Crippen molar-refractivity contribution in [1.82, 2.24) is 9.80 Å². The van der Waals surface area contributed by atoms with E-state index in [0.29, 0.717) is 19.5 Å². The van der Waals surface area contributed by atoms with E-state index in [2.05, 4.69) is 43.0 Å². The molecule has 3 aliphatic heterocycles. The molecule has 0 N–H and O–H groups in total. The lowest BCUT2D eigenvalue weighted by Gasteiger charge is -2.42. The molecule has 1 atom stereocenters. The SMILES string of the molecule is CCN(C(=O)CN1CCC2(C=Cc3cc(C)c(C)cc3O2)CC1)C1CCS(=O)(=O)C1. The summed E-state index contributed by atoms with van der Waals surface area (Å²) in [6.07, 6.45) is 6.60. The summed E-state index contributed by atoms with van der Waals surface area (Å²) in [6.45, 7) is 8.62. The average Bonchev–Trinajstić information content (AvgIpc) is 3.05. The molecule has 1 unspecified atom stereocenters. The predicted molar refractivity (Wildman–Crippen MR) is 118 cm³/mol. The topological polar surface area (TPSA) is 66.9 Å². The number of likely N-dealkylation sites (tertiary alicyclic amines) is 1. The van der Waals surface area contributed by atoms with Crippen LogP contribution in [0.1, 0.15) is 42.9 Å². The third-order valence-corrected chi connectivity index (χ3v) is 8.63. The number of hydrogen-bond acceptors (Lipinski definition) is 5. The lowest BCUT2D eigenvalue weighted by atomic mass is 9.87. The Balaban J connectivity index is 1.36. The van der Waals surface area contributed by atoms with Gasteiger partial charge in [0.15, 0.2) is 9.84 Å². The number of rotatable bonds is 4. The highest BCUT2D eigenvalue weighted by atomic mass is 32.2. The number of carbonyl (C=O) groups excluding carboxylic acids is 1. The number of sulfone groups is 1. The van der Waals surface area contributed by atoms with Crippen molar-refractivity contribution in [2.75, 3.05) is 37.7 Å². The molecule has 1 aromatic carbocycles. The number of likely N-dealkylation sites (N-methyl/N-ethyl adjacent to an activating group) is 1. The van der Waals surface area contributed by atoms with Crippen LogP contribution in [-0.4, -0.2) is 73.5 Å². The molecule has 1 amide bonds. The van der Waals surface area contributed by atoms with Gasteiger partial charge in [-0.3, -0.25) is 9.69 Å². The van der Waals surface area contributed by atoms with E-state index in [1.165, 1.54) is 11.1 Å². The standard InChI is InChI=1S/C23H32N2O4S/c1-4-25(20-6-12-30(27,28)16-20)22(26)15-24-10-8-23(9-11-24)7-5-19-13-17(2)18(3)14-21(19)29-23/h5,7,13-14,20H,4,6,8-12,15-16H2,1-3H3. The van der Waals surface area contributed by atoms with E-state index >= 15 is 0 Å². The highest BCUT2D eigenvalue weighted by Crippen LogP contribution is 2.38. The Morgan fingerprint density at radius 2 is 1.93 bits per heavy atom. The molecular weight excluding hydrogens is 400 g/mol. The number of aryl methyl sites for hydroxylation is 2. The van der Waals surface area contributed by atoms with Crippen molar-refractivity contribution in [3.63, 3.8) is 0 Å². The van der Waals surface area contributed by atoms with Crippen molar-refractivity contribution in [2.45, 2.75) is 51.7 Å². The molecule has 6 nitrogen and oxygen atoms in total. The monoisotopic (exact) mass is 432 g/mol. The summed E-state index contributed by atoms with van der Waals surface area (Å²) in [4.78, 5) is 16.8. The first-order chi connectivity index (χ1) is 14.2. The molecule has 0 aromatic heterocycles. The molecule has 2 saturated heterocycles. The molecule has 2 fully saturated rings. The van der Waals surface area contributed by atoms with Crippen molar-refractivity contribution < 1.29 is 17.9 Å². The predicted octanol–water partition coefficient (Wildman–Crippen LogP) is 2.58. The van der Waals surface area contributed by atoms with Crippen molar-refractivity contribution in [3.05, 3.63) is 34.9 Å². The average molecular weight is 433 g/mol. The van der Waals surface area contributed by atoms with Crippen LogP contribution in [0.4, 0.5) is 0 Å². The summed E-state index contributed by atoms with van der Waals surface area (Å²) in [5, 5.41) is 0. The summed E-state index contributed by atoms with van der Waals surface area (Å²) in [6, 6.07) is 4.13. The van der Waals surface area contributed by atoms with E-state index in [1.807, 2.05) is 6.92 Å². The molecule has 0 radical (unpaired) electrons. The minimum absolute atomic E-state index is 0.0344. The summed E-state index contributed by atoms with van der Waals surface area (Å²) in [7, 11) is -3.00. The molecule has 0 aliphatic carbocycles. The van der Waals surface area contributed by atoms with Crippen LogP contribution in [0.3, 0.4) is 0 Å². The zero-order chi connectivity index (χ0) is 21.5. The minimum atomic E-state index is -3.00. The second-order valence-electron chi connectivity index (χ2n) is 8.99. The molecule has 0 bridgehead atoms. The first-order valence-corrected chi connectivity index (χ1v) is 12.7. The first-order valence-electron chi connectivity index (χ1n) is 10.9. The fourth-order valence-corrected chi connectivity index (χ4v) is 6.56. The summed E-state index contributed by atoms with van der Waals surface area (Å²) in [5.74, 6) is 1.28. The smallest absolute Gasteiger partial charge is 0.237 e. The molecule has 164 valence electrons. The molecule has 4 rings (SSSR count). The fourth-order valence-electron chi connectivity index (χ4n) is 4.83. The van der Waals surface area contributed by atoms with Crippen LogP contribution in [-0.2, 0) is 14.6 Å². The van der Waals surface area contributed by atoms with Gasteiger partial charge in [-0.15, -0.1) is 0 Å². The first kappa shape index (κ1) is 21.4. The van der Waals surface area contributed by atoms with Gasteiger partial charge in [-0.25, -0.2) is 8.42 Å². The van der Waals surface area contributed by atoms with Crippen LogP contribution in [0.15, 0.2) is 18.2 Å². The molecular formula is C23H32N2O4S. The van der Waals surface area contributed by atoms with Gasteiger partial charge in [-0.2, -0.15) is 0 Å². The molecule has 30 heavy (non-hydrogen) atoms. The molecule has 3 aliphatic rings.